The third-order valence-electron chi connectivity index (χ3n) is 6.27. The molecule has 0 saturated carbocycles. The summed E-state index contributed by atoms with van der Waals surface area (Å²) < 4.78 is 32.6. The average molecular weight is 612 g/mol. The maximum Gasteiger partial charge on any atom is 0.412 e. The zero-order valence-electron chi connectivity index (χ0n) is 23.1. The fourth-order valence-electron chi connectivity index (χ4n) is 4.06. The van der Waals surface area contributed by atoms with Gasteiger partial charge >= 0.3 is 6.09 Å². The Kier molecular flexibility index (Phi) is 8.66. The maximum absolute atomic E-state index is 15.1. The number of ether oxygens (including phenoxy) is 3. The lowest BCUT2D eigenvalue weighted by Gasteiger charge is -2.22. The summed E-state index contributed by atoms with van der Waals surface area (Å²) in [7, 11) is 0. The number of aliphatic hydroxyl groups excluding tert-OH is 1. The van der Waals surface area contributed by atoms with E-state index in [1.165, 1.54) is 36.7 Å². The van der Waals surface area contributed by atoms with Crippen molar-refractivity contribution in [1.82, 2.24) is 19.9 Å². The van der Waals surface area contributed by atoms with Gasteiger partial charge in [0.1, 0.15) is 29.1 Å². The van der Waals surface area contributed by atoms with Crippen molar-refractivity contribution >= 4 is 55.8 Å². The minimum absolute atomic E-state index is 0.00129. The third kappa shape index (κ3) is 6.51. The molecule has 3 atom stereocenters. The largest absolute Gasteiger partial charge is 0.492 e. The summed E-state index contributed by atoms with van der Waals surface area (Å²) in [5.74, 6) is 0.258. The molecule has 3 heterocycles. The van der Waals surface area contributed by atoms with Gasteiger partial charge in [0.2, 0.25) is 0 Å². The second kappa shape index (κ2) is 12.4. The van der Waals surface area contributed by atoms with Crippen LogP contribution >= 0.6 is 22.9 Å². The molecule has 0 aliphatic rings. The Labute approximate surface area is 249 Å². The number of pyridine rings is 1. The van der Waals surface area contributed by atoms with Crippen molar-refractivity contribution in [1.29, 1.82) is 0 Å². The topological polar surface area (TPSA) is 129 Å². The Balaban J connectivity index is 1.31. The van der Waals surface area contributed by atoms with E-state index in [0.29, 0.717) is 43.8 Å². The second-order valence-electron chi connectivity index (χ2n) is 9.46. The summed E-state index contributed by atoms with van der Waals surface area (Å²) in [6.07, 6.45) is 1.34. The van der Waals surface area contributed by atoms with Crippen molar-refractivity contribution in [3.63, 3.8) is 0 Å². The molecule has 0 saturated heterocycles. The number of nitrogens with one attached hydrogen (secondary N) is 1. The fraction of sp³-hybridized carbons (Fsp3) is 0.276. The summed E-state index contributed by atoms with van der Waals surface area (Å²) in [5.41, 5.74) is 2.17. The number of aromatic nitrogens is 4. The highest BCUT2D eigenvalue weighted by Crippen LogP contribution is 2.38. The number of thiazole rings is 1. The van der Waals surface area contributed by atoms with Crippen molar-refractivity contribution in [3.05, 3.63) is 65.6 Å². The number of hydrogen-bond acceptors (Lipinski definition) is 10. The van der Waals surface area contributed by atoms with Gasteiger partial charge in [-0.15, -0.1) is 11.3 Å². The molecule has 10 nitrogen and oxygen atoms in total. The second-order valence-corrected chi connectivity index (χ2v) is 10.9. The highest BCUT2D eigenvalue weighted by atomic mass is 35.5. The third-order valence-corrected chi connectivity index (χ3v) is 7.53. The number of fused-ring (bicyclic) bond motifs is 2. The molecule has 2 N–H and O–H groups in total. The van der Waals surface area contributed by atoms with Crippen LogP contribution in [0, 0.1) is 5.82 Å². The van der Waals surface area contributed by atoms with Crippen molar-refractivity contribution in [3.8, 4) is 22.1 Å². The lowest BCUT2D eigenvalue weighted by Crippen LogP contribution is -2.32. The quantitative estimate of drug-likeness (QED) is 0.182. The van der Waals surface area contributed by atoms with E-state index in [4.69, 9.17) is 25.8 Å². The highest BCUT2D eigenvalue weighted by molar-refractivity contribution is 7.21. The predicted octanol–water partition coefficient (Wildman–Crippen LogP) is 6.95. The summed E-state index contributed by atoms with van der Waals surface area (Å²) in [5, 5.41) is 14.0. The number of carbonyl (C=O) groups excluding carboxylic acids is 1. The molecule has 218 valence electrons. The van der Waals surface area contributed by atoms with Crippen LogP contribution in [0.5, 0.6) is 11.5 Å². The number of anilines is 1. The lowest BCUT2D eigenvalue weighted by atomic mass is 10.1. The van der Waals surface area contributed by atoms with Crippen LogP contribution in [0.25, 0.3) is 31.7 Å². The fourth-order valence-corrected chi connectivity index (χ4v) is 5.28. The van der Waals surface area contributed by atoms with Gasteiger partial charge in [-0.2, -0.15) is 0 Å². The minimum Gasteiger partial charge on any atom is -0.492 e. The molecule has 0 unspecified atom stereocenters. The van der Waals surface area contributed by atoms with Gasteiger partial charge in [0, 0.05) is 28.1 Å². The van der Waals surface area contributed by atoms with Crippen molar-refractivity contribution < 1.29 is 28.5 Å². The number of carbonyl (C=O) groups is 1. The van der Waals surface area contributed by atoms with E-state index in [1.807, 2.05) is 13.0 Å². The smallest absolute Gasteiger partial charge is 0.412 e. The number of benzene rings is 2. The molecule has 5 rings (SSSR count). The van der Waals surface area contributed by atoms with Crippen LogP contribution < -0.4 is 14.8 Å². The van der Waals surface area contributed by atoms with Gasteiger partial charge in [-0.1, -0.05) is 11.6 Å². The van der Waals surface area contributed by atoms with Crippen molar-refractivity contribution in [2.45, 2.75) is 46.0 Å². The number of halogens is 2. The SMILES string of the molecule is CCOc1cnc2c(-c3nc4cc(F)c(O[C@@H](C)[C@@H](C)OC(=O)Nc5cnc([C@@H](C)O)nc5)cc4s3)cc(Cl)cc2c1. The van der Waals surface area contributed by atoms with E-state index in [9.17, 15) is 9.90 Å². The van der Waals surface area contributed by atoms with Crippen LogP contribution in [0.2, 0.25) is 5.02 Å². The summed E-state index contributed by atoms with van der Waals surface area (Å²) in [6, 6.07) is 8.33. The molecule has 1 amide bonds. The first kappa shape index (κ1) is 29.4. The first-order valence-corrected chi connectivity index (χ1v) is 14.3. The molecule has 42 heavy (non-hydrogen) atoms. The molecule has 0 spiro atoms. The Hall–Kier alpha value is -4.13. The molecule has 0 aliphatic heterocycles. The Morgan fingerprint density at radius 2 is 1.83 bits per heavy atom. The van der Waals surface area contributed by atoms with Crippen molar-refractivity contribution in [2.24, 2.45) is 0 Å². The molecule has 3 aromatic heterocycles. The Morgan fingerprint density at radius 1 is 1.07 bits per heavy atom. The average Bonchev–Trinajstić information content (AvgIpc) is 3.35. The minimum atomic E-state index is -0.830. The number of amides is 1. The normalized spacial score (nSPS) is 13.5. The van der Waals surface area contributed by atoms with Gasteiger partial charge in [-0.05, 0) is 45.9 Å². The summed E-state index contributed by atoms with van der Waals surface area (Å²) in [6.45, 7) is 7.24. The maximum atomic E-state index is 15.1. The standard InChI is InChI=1S/C29H27ClFN5O5S/c1-5-39-20-7-17-6-18(30)8-21(26(17)32-13-20)28-36-23-9-22(31)24(10-25(23)42-28)40-15(3)16(4)41-29(38)35-19-11-33-27(14(2)37)34-12-19/h6-16,37H,5H2,1-4H3,(H,35,38)/t14-,15+,16-/m1/s1. The van der Waals surface area contributed by atoms with Gasteiger partial charge in [0.15, 0.2) is 17.4 Å². The van der Waals surface area contributed by atoms with Crippen LogP contribution in [-0.2, 0) is 4.74 Å². The van der Waals surface area contributed by atoms with Gasteiger partial charge in [0.25, 0.3) is 0 Å². The van der Waals surface area contributed by atoms with Crippen LogP contribution in [0.3, 0.4) is 0 Å². The molecule has 0 fully saturated rings. The van der Waals surface area contributed by atoms with Crippen LogP contribution in [0.1, 0.15) is 39.6 Å². The van der Waals surface area contributed by atoms with Gasteiger partial charge in [-0.25, -0.2) is 24.1 Å². The lowest BCUT2D eigenvalue weighted by molar-refractivity contribution is 0.0402. The molecular weight excluding hydrogens is 585 g/mol. The number of hydrogen-bond donors (Lipinski definition) is 2. The first-order valence-electron chi connectivity index (χ1n) is 13.1. The molecule has 0 aliphatic carbocycles. The van der Waals surface area contributed by atoms with Gasteiger partial charge in [-0.3, -0.25) is 10.3 Å². The zero-order chi connectivity index (χ0) is 30.0. The van der Waals surface area contributed by atoms with Gasteiger partial charge in [0.05, 0.1) is 46.6 Å². The van der Waals surface area contributed by atoms with Crippen molar-refractivity contribution in [2.75, 3.05) is 11.9 Å². The van der Waals surface area contributed by atoms with E-state index in [2.05, 4.69) is 25.3 Å². The van der Waals surface area contributed by atoms with Crippen LogP contribution in [0.4, 0.5) is 14.9 Å². The number of rotatable bonds is 9. The molecule has 5 aromatic rings. The number of aliphatic hydroxyl groups is 1. The predicted molar refractivity (Wildman–Crippen MR) is 159 cm³/mol. The molecule has 2 aromatic carbocycles. The van der Waals surface area contributed by atoms with Gasteiger partial charge < -0.3 is 19.3 Å². The van der Waals surface area contributed by atoms with Crippen LogP contribution in [0.15, 0.2) is 48.9 Å². The highest BCUT2D eigenvalue weighted by Gasteiger charge is 2.22. The van der Waals surface area contributed by atoms with E-state index in [1.54, 1.807) is 38.2 Å². The Bertz CT molecular complexity index is 1750. The molecule has 13 heteroatoms. The monoisotopic (exact) mass is 611 g/mol. The Morgan fingerprint density at radius 3 is 2.55 bits per heavy atom. The molecule has 0 bridgehead atoms. The molecular formula is C29H27ClFN5O5S. The first-order chi connectivity index (χ1) is 20.1. The number of nitrogens with zero attached hydrogens (tertiary/aromatic N) is 4. The summed E-state index contributed by atoms with van der Waals surface area (Å²) >= 11 is 7.76. The molecule has 0 radical (unpaired) electrons. The van der Waals surface area contributed by atoms with E-state index >= 15 is 4.39 Å². The zero-order valence-corrected chi connectivity index (χ0v) is 24.7. The van der Waals surface area contributed by atoms with Crippen LogP contribution in [-0.4, -0.2) is 50.0 Å². The van der Waals surface area contributed by atoms with E-state index < -0.39 is 30.2 Å². The van der Waals surface area contributed by atoms with E-state index in [-0.39, 0.29) is 11.6 Å². The summed E-state index contributed by atoms with van der Waals surface area (Å²) in [4.78, 5) is 29.5. The van der Waals surface area contributed by atoms with E-state index in [0.717, 1.165) is 10.9 Å².